The Labute approximate surface area is 132 Å². The molecule has 2 N–H and O–H groups in total. The van der Waals surface area contributed by atoms with Crippen molar-refractivity contribution < 1.29 is 4.74 Å². The third kappa shape index (κ3) is 4.98. The van der Waals surface area contributed by atoms with Gasteiger partial charge < -0.3 is 19.9 Å². The van der Waals surface area contributed by atoms with Gasteiger partial charge in [0.25, 0.3) is 0 Å². The zero-order valence-corrected chi connectivity index (χ0v) is 13.8. The molecule has 0 amide bonds. The van der Waals surface area contributed by atoms with Crippen LogP contribution in [0.2, 0.25) is 0 Å². The Bertz CT molecular complexity index is 471. The van der Waals surface area contributed by atoms with E-state index in [4.69, 9.17) is 4.74 Å². The molecule has 0 spiro atoms. The number of hydrogen-bond donors (Lipinski definition) is 2. The van der Waals surface area contributed by atoms with E-state index in [1.807, 2.05) is 6.92 Å². The summed E-state index contributed by atoms with van der Waals surface area (Å²) in [6.07, 6.45) is 5.61. The highest BCUT2D eigenvalue weighted by molar-refractivity contribution is 5.79. The van der Waals surface area contributed by atoms with Crippen LogP contribution in [0.25, 0.3) is 0 Å². The molecule has 0 saturated carbocycles. The highest BCUT2D eigenvalue weighted by Crippen LogP contribution is 2.13. The second-order valence-corrected chi connectivity index (χ2v) is 5.40. The van der Waals surface area contributed by atoms with Gasteiger partial charge in [0.05, 0.1) is 6.54 Å². The van der Waals surface area contributed by atoms with Crippen molar-refractivity contribution in [3.05, 3.63) is 11.6 Å². The van der Waals surface area contributed by atoms with Crippen molar-refractivity contribution in [1.29, 1.82) is 0 Å². The minimum Gasteiger partial charge on any atom is -0.382 e. The molecule has 1 aromatic rings. The first-order chi connectivity index (χ1) is 10.8. The monoisotopic (exact) mass is 308 g/mol. The maximum atomic E-state index is 5.32. The van der Waals surface area contributed by atoms with Crippen LogP contribution in [0.1, 0.15) is 44.3 Å². The topological polar surface area (TPSA) is 76.4 Å². The fraction of sp³-hybridized carbons (Fsp3) is 0.800. The summed E-state index contributed by atoms with van der Waals surface area (Å²) in [5.74, 6) is 2.92. The molecule has 0 atom stereocenters. The van der Waals surface area contributed by atoms with E-state index < -0.39 is 0 Å². The number of unbranched alkanes of at least 4 members (excludes halogenated alkanes) is 1. The number of guanidine groups is 1. The van der Waals surface area contributed by atoms with Gasteiger partial charge in [-0.15, -0.1) is 10.2 Å². The number of ether oxygens (including phenoxy) is 1. The van der Waals surface area contributed by atoms with E-state index >= 15 is 0 Å². The smallest absolute Gasteiger partial charge is 0.191 e. The molecule has 7 heteroatoms. The van der Waals surface area contributed by atoms with Crippen LogP contribution in [-0.4, -0.2) is 47.5 Å². The van der Waals surface area contributed by atoms with Crippen LogP contribution in [0.15, 0.2) is 4.99 Å². The van der Waals surface area contributed by atoms with Crippen LogP contribution in [0.3, 0.4) is 0 Å². The molecule has 0 saturated heterocycles. The zero-order chi connectivity index (χ0) is 15.6. The summed E-state index contributed by atoms with van der Waals surface area (Å²) in [5, 5.41) is 15.2. The fourth-order valence-electron chi connectivity index (χ4n) is 2.56. The van der Waals surface area contributed by atoms with Gasteiger partial charge in [0, 0.05) is 39.8 Å². The second-order valence-electron chi connectivity index (χ2n) is 5.40. The van der Waals surface area contributed by atoms with Crippen molar-refractivity contribution in [3.63, 3.8) is 0 Å². The molecule has 0 unspecified atom stereocenters. The lowest BCUT2D eigenvalue weighted by molar-refractivity contribution is 0.143. The number of aliphatic imine (C=N–C) groups is 1. The Hall–Kier alpha value is -1.63. The minimum absolute atomic E-state index is 0.658. The van der Waals surface area contributed by atoms with Crippen LogP contribution < -0.4 is 10.6 Å². The van der Waals surface area contributed by atoms with E-state index in [-0.39, 0.29) is 0 Å². The summed E-state index contributed by atoms with van der Waals surface area (Å²) < 4.78 is 7.55. The lowest BCUT2D eigenvalue weighted by Crippen LogP contribution is -2.38. The number of fused-ring (bicyclic) bond motifs is 1. The van der Waals surface area contributed by atoms with Gasteiger partial charge in [0.1, 0.15) is 5.82 Å². The maximum Gasteiger partial charge on any atom is 0.191 e. The van der Waals surface area contributed by atoms with E-state index in [9.17, 15) is 0 Å². The summed E-state index contributed by atoms with van der Waals surface area (Å²) in [5.41, 5.74) is 0. The first-order valence-corrected chi connectivity index (χ1v) is 8.28. The van der Waals surface area contributed by atoms with Crippen molar-refractivity contribution in [2.75, 3.05) is 26.8 Å². The molecule has 0 fully saturated rings. The average molecular weight is 308 g/mol. The summed E-state index contributed by atoms with van der Waals surface area (Å²) >= 11 is 0. The predicted molar refractivity (Wildman–Crippen MR) is 86.9 cm³/mol. The molecular formula is C15H28N6O. The number of rotatable bonds is 8. The maximum absolute atomic E-state index is 5.32. The Morgan fingerprint density at radius 3 is 3.00 bits per heavy atom. The van der Waals surface area contributed by atoms with Gasteiger partial charge in [-0.05, 0) is 32.6 Å². The molecule has 124 valence electrons. The largest absolute Gasteiger partial charge is 0.382 e. The van der Waals surface area contributed by atoms with Gasteiger partial charge >= 0.3 is 0 Å². The summed E-state index contributed by atoms with van der Waals surface area (Å²) in [7, 11) is 1.79. The van der Waals surface area contributed by atoms with Crippen LogP contribution in [0, 0.1) is 0 Å². The van der Waals surface area contributed by atoms with Crippen molar-refractivity contribution in [1.82, 2.24) is 25.4 Å². The number of nitrogens with zero attached hydrogens (tertiary/aromatic N) is 4. The van der Waals surface area contributed by atoms with Gasteiger partial charge in [-0.1, -0.05) is 0 Å². The van der Waals surface area contributed by atoms with Crippen LogP contribution >= 0.6 is 0 Å². The fourth-order valence-corrected chi connectivity index (χ4v) is 2.56. The lowest BCUT2D eigenvalue weighted by Gasteiger charge is -2.16. The Kier molecular flexibility index (Phi) is 7.15. The van der Waals surface area contributed by atoms with E-state index in [2.05, 4.69) is 30.4 Å². The lowest BCUT2D eigenvalue weighted by atomic mass is 10.2. The molecule has 0 bridgehead atoms. The Morgan fingerprint density at radius 1 is 1.27 bits per heavy atom. The third-order valence-electron chi connectivity index (χ3n) is 3.79. The van der Waals surface area contributed by atoms with E-state index in [0.29, 0.717) is 6.54 Å². The van der Waals surface area contributed by atoms with Gasteiger partial charge in [-0.3, -0.25) is 4.99 Å². The molecule has 2 rings (SSSR count). The Balaban J connectivity index is 1.69. The SMILES string of the molecule is CCOCCCCNC(=NC)NCc1nnc2n1CCCC2. The van der Waals surface area contributed by atoms with Crippen LogP contribution in [0.5, 0.6) is 0 Å². The summed E-state index contributed by atoms with van der Waals surface area (Å²) in [4.78, 5) is 4.24. The van der Waals surface area contributed by atoms with Gasteiger partial charge in [0.2, 0.25) is 0 Å². The van der Waals surface area contributed by atoms with E-state index in [1.165, 1.54) is 12.8 Å². The average Bonchev–Trinajstić information content (AvgIpc) is 2.97. The van der Waals surface area contributed by atoms with Crippen LogP contribution in [0.4, 0.5) is 0 Å². The highest BCUT2D eigenvalue weighted by Gasteiger charge is 2.15. The quantitative estimate of drug-likeness (QED) is 0.427. The molecule has 0 aliphatic carbocycles. The molecule has 0 aromatic carbocycles. The van der Waals surface area contributed by atoms with Crippen molar-refractivity contribution >= 4 is 5.96 Å². The summed E-state index contributed by atoms with van der Waals surface area (Å²) in [6.45, 7) is 6.22. The highest BCUT2D eigenvalue weighted by atomic mass is 16.5. The van der Waals surface area contributed by atoms with Gasteiger partial charge in [0.15, 0.2) is 11.8 Å². The standard InChI is InChI=1S/C15H28N6O/c1-3-22-11-7-5-9-17-15(16-2)18-12-14-20-19-13-8-4-6-10-21(13)14/h3-12H2,1-2H3,(H2,16,17,18). The molecule has 7 nitrogen and oxygen atoms in total. The third-order valence-corrected chi connectivity index (χ3v) is 3.79. The Morgan fingerprint density at radius 2 is 2.18 bits per heavy atom. The molecule has 1 aromatic heterocycles. The zero-order valence-electron chi connectivity index (χ0n) is 13.8. The van der Waals surface area contributed by atoms with Crippen molar-refractivity contribution in [2.24, 2.45) is 4.99 Å². The molecular weight excluding hydrogens is 280 g/mol. The second kappa shape index (κ2) is 9.40. The predicted octanol–water partition coefficient (Wildman–Crippen LogP) is 1.10. The van der Waals surface area contributed by atoms with Crippen LogP contribution in [-0.2, 0) is 24.2 Å². The van der Waals surface area contributed by atoms with Gasteiger partial charge in [-0.2, -0.15) is 0 Å². The minimum atomic E-state index is 0.658. The summed E-state index contributed by atoms with van der Waals surface area (Å²) in [6, 6.07) is 0. The molecule has 1 aliphatic heterocycles. The molecule has 1 aliphatic rings. The first kappa shape index (κ1) is 16.7. The number of aromatic nitrogens is 3. The molecule has 0 radical (unpaired) electrons. The van der Waals surface area contributed by atoms with E-state index in [0.717, 1.165) is 63.2 Å². The van der Waals surface area contributed by atoms with Crippen molar-refractivity contribution in [2.45, 2.75) is 52.1 Å². The number of aryl methyl sites for hydroxylation is 1. The molecule has 22 heavy (non-hydrogen) atoms. The number of nitrogens with one attached hydrogen (secondary N) is 2. The molecule has 2 heterocycles. The van der Waals surface area contributed by atoms with Gasteiger partial charge in [-0.25, -0.2) is 0 Å². The van der Waals surface area contributed by atoms with E-state index in [1.54, 1.807) is 7.05 Å². The first-order valence-electron chi connectivity index (χ1n) is 8.28. The normalized spacial score (nSPS) is 14.7. The van der Waals surface area contributed by atoms with Crippen molar-refractivity contribution in [3.8, 4) is 0 Å². The number of hydrogen-bond acceptors (Lipinski definition) is 4.